The van der Waals surface area contributed by atoms with Gasteiger partial charge in [0.2, 0.25) is 0 Å². The number of carbonyl (C=O) groups is 2. The fraction of sp³-hybridized carbons (Fsp3) is 0.421. The number of aromatic nitrogens is 2. The number of amides is 1. The summed E-state index contributed by atoms with van der Waals surface area (Å²) in [6.45, 7) is 7.76. The SMILES string of the molecule is COc1ccc(C)cc1NC(=O)COC(=O)c1c(C)nn(CC(C)C)c1Cl. The van der Waals surface area contributed by atoms with Gasteiger partial charge in [0.15, 0.2) is 6.61 Å². The van der Waals surface area contributed by atoms with Gasteiger partial charge in [-0.05, 0) is 37.5 Å². The van der Waals surface area contributed by atoms with E-state index in [1.54, 1.807) is 23.7 Å². The highest BCUT2D eigenvalue weighted by molar-refractivity contribution is 6.32. The van der Waals surface area contributed by atoms with Crippen LogP contribution in [0, 0.1) is 19.8 Å². The van der Waals surface area contributed by atoms with Crippen molar-refractivity contribution in [3.63, 3.8) is 0 Å². The third-order valence-corrected chi connectivity index (χ3v) is 4.16. The zero-order valence-electron chi connectivity index (χ0n) is 16.1. The van der Waals surface area contributed by atoms with Gasteiger partial charge in [-0.15, -0.1) is 0 Å². The summed E-state index contributed by atoms with van der Waals surface area (Å²) in [6.07, 6.45) is 0. The molecule has 1 aromatic carbocycles. The van der Waals surface area contributed by atoms with E-state index >= 15 is 0 Å². The molecule has 7 nitrogen and oxygen atoms in total. The van der Waals surface area contributed by atoms with Gasteiger partial charge in [0, 0.05) is 6.54 Å². The van der Waals surface area contributed by atoms with Crippen molar-refractivity contribution in [2.75, 3.05) is 19.0 Å². The van der Waals surface area contributed by atoms with Gasteiger partial charge in [-0.2, -0.15) is 5.10 Å². The summed E-state index contributed by atoms with van der Waals surface area (Å²) in [4.78, 5) is 24.5. The second kappa shape index (κ2) is 8.90. The quantitative estimate of drug-likeness (QED) is 0.726. The van der Waals surface area contributed by atoms with Gasteiger partial charge in [-0.25, -0.2) is 4.79 Å². The Morgan fingerprint density at radius 1 is 1.30 bits per heavy atom. The number of benzene rings is 1. The van der Waals surface area contributed by atoms with Gasteiger partial charge in [0.1, 0.15) is 16.5 Å². The number of nitrogens with zero attached hydrogens (tertiary/aromatic N) is 2. The van der Waals surface area contributed by atoms with Crippen molar-refractivity contribution in [1.29, 1.82) is 0 Å². The number of carbonyl (C=O) groups excluding carboxylic acids is 2. The number of nitrogens with one attached hydrogen (secondary N) is 1. The van der Waals surface area contributed by atoms with Gasteiger partial charge >= 0.3 is 5.97 Å². The molecule has 2 aromatic rings. The van der Waals surface area contributed by atoms with Gasteiger partial charge in [-0.1, -0.05) is 31.5 Å². The van der Waals surface area contributed by atoms with E-state index in [0.717, 1.165) is 5.56 Å². The van der Waals surface area contributed by atoms with Gasteiger partial charge in [0.05, 0.1) is 18.5 Å². The number of anilines is 1. The van der Waals surface area contributed by atoms with Crippen LogP contribution < -0.4 is 10.1 Å². The smallest absolute Gasteiger partial charge is 0.343 e. The second-order valence-electron chi connectivity index (χ2n) is 6.66. The van der Waals surface area contributed by atoms with Crippen LogP contribution in [-0.2, 0) is 16.1 Å². The zero-order chi connectivity index (χ0) is 20.1. The molecular weight excluding hydrogens is 370 g/mol. The second-order valence-corrected chi connectivity index (χ2v) is 7.01. The molecule has 146 valence electrons. The molecule has 0 atom stereocenters. The van der Waals surface area contributed by atoms with Gasteiger partial charge < -0.3 is 14.8 Å². The molecule has 0 unspecified atom stereocenters. The number of esters is 1. The van der Waals surface area contributed by atoms with Crippen molar-refractivity contribution in [1.82, 2.24) is 9.78 Å². The molecular formula is C19H24ClN3O4. The number of ether oxygens (including phenoxy) is 2. The normalized spacial score (nSPS) is 10.8. The Balaban J connectivity index is 2.03. The molecule has 1 N–H and O–H groups in total. The molecule has 2 rings (SSSR count). The fourth-order valence-corrected chi connectivity index (χ4v) is 2.88. The molecule has 1 aromatic heterocycles. The van der Waals surface area contributed by atoms with E-state index in [1.807, 2.05) is 26.8 Å². The van der Waals surface area contributed by atoms with E-state index in [1.165, 1.54) is 7.11 Å². The van der Waals surface area contributed by atoms with E-state index in [9.17, 15) is 9.59 Å². The summed E-state index contributed by atoms with van der Waals surface area (Å²) in [5.41, 5.74) is 2.12. The first-order valence-electron chi connectivity index (χ1n) is 8.57. The van der Waals surface area contributed by atoms with Gasteiger partial charge in [-0.3, -0.25) is 9.48 Å². The van der Waals surface area contributed by atoms with Crippen LogP contribution in [0.25, 0.3) is 0 Å². The minimum atomic E-state index is -0.682. The van der Waals surface area contributed by atoms with Crippen molar-refractivity contribution >= 4 is 29.2 Å². The Morgan fingerprint density at radius 3 is 2.63 bits per heavy atom. The van der Waals surface area contributed by atoms with E-state index in [4.69, 9.17) is 21.1 Å². The molecule has 0 bridgehead atoms. The highest BCUT2D eigenvalue weighted by Gasteiger charge is 2.23. The number of halogens is 1. The first-order chi connectivity index (χ1) is 12.7. The number of rotatable bonds is 7. The average Bonchev–Trinajstić information content (AvgIpc) is 2.86. The lowest BCUT2D eigenvalue weighted by molar-refractivity contribution is -0.119. The standard InChI is InChI=1S/C19H24ClN3O4/c1-11(2)9-23-18(20)17(13(4)22-23)19(25)27-10-16(24)21-14-8-12(3)6-7-15(14)26-5/h6-8,11H,9-10H2,1-5H3,(H,21,24). The lowest BCUT2D eigenvalue weighted by Crippen LogP contribution is -2.21. The van der Waals surface area contributed by atoms with E-state index in [0.29, 0.717) is 29.6 Å². The fourth-order valence-electron chi connectivity index (χ4n) is 2.56. The van der Waals surface area contributed by atoms with Crippen molar-refractivity contribution in [3.05, 3.63) is 40.2 Å². The minimum absolute atomic E-state index is 0.179. The molecule has 0 aliphatic heterocycles. The Labute approximate surface area is 163 Å². The van der Waals surface area contributed by atoms with Crippen LogP contribution in [0.5, 0.6) is 5.75 Å². The minimum Gasteiger partial charge on any atom is -0.495 e. The Hall–Kier alpha value is -2.54. The highest BCUT2D eigenvalue weighted by atomic mass is 35.5. The van der Waals surface area contributed by atoms with E-state index < -0.39 is 18.5 Å². The summed E-state index contributed by atoms with van der Waals surface area (Å²) < 4.78 is 11.9. The molecule has 0 saturated heterocycles. The number of hydrogen-bond donors (Lipinski definition) is 1. The maximum atomic E-state index is 12.4. The van der Waals surface area contributed by atoms with Crippen molar-refractivity contribution in [2.45, 2.75) is 34.2 Å². The van der Waals surface area contributed by atoms with Crippen molar-refractivity contribution in [3.8, 4) is 5.75 Å². The molecule has 0 radical (unpaired) electrons. The number of hydrogen-bond acceptors (Lipinski definition) is 5. The predicted molar refractivity (Wildman–Crippen MR) is 103 cm³/mol. The summed E-state index contributed by atoms with van der Waals surface area (Å²) in [5.74, 6) is -0.315. The molecule has 0 saturated carbocycles. The third kappa shape index (κ3) is 5.23. The molecule has 27 heavy (non-hydrogen) atoms. The first-order valence-corrected chi connectivity index (χ1v) is 8.95. The zero-order valence-corrected chi connectivity index (χ0v) is 16.9. The van der Waals surface area contributed by atoms with Crippen molar-refractivity contribution < 1.29 is 19.1 Å². The predicted octanol–water partition coefficient (Wildman–Crippen LogP) is 3.61. The molecule has 8 heteroatoms. The monoisotopic (exact) mass is 393 g/mol. The van der Waals surface area contributed by atoms with E-state index in [-0.39, 0.29) is 10.7 Å². The Morgan fingerprint density at radius 2 is 2.00 bits per heavy atom. The van der Waals surface area contributed by atoms with Crippen LogP contribution in [0.3, 0.4) is 0 Å². The summed E-state index contributed by atoms with van der Waals surface area (Å²) in [6, 6.07) is 5.40. The maximum absolute atomic E-state index is 12.4. The molecule has 0 fully saturated rings. The lowest BCUT2D eigenvalue weighted by Gasteiger charge is -2.11. The molecule has 0 spiro atoms. The van der Waals surface area contributed by atoms with Crippen LogP contribution >= 0.6 is 11.6 Å². The van der Waals surface area contributed by atoms with Crippen molar-refractivity contribution in [2.24, 2.45) is 5.92 Å². The molecule has 1 heterocycles. The topological polar surface area (TPSA) is 82.4 Å². The first kappa shape index (κ1) is 20.8. The maximum Gasteiger partial charge on any atom is 0.343 e. The van der Waals surface area contributed by atoms with Crippen LogP contribution in [0.2, 0.25) is 5.15 Å². The highest BCUT2D eigenvalue weighted by Crippen LogP contribution is 2.25. The van der Waals surface area contributed by atoms with Crippen LogP contribution in [0.15, 0.2) is 18.2 Å². The lowest BCUT2D eigenvalue weighted by atomic mass is 10.2. The molecule has 0 aliphatic carbocycles. The Kier molecular flexibility index (Phi) is 6.85. The average molecular weight is 394 g/mol. The summed E-state index contributed by atoms with van der Waals surface area (Å²) in [7, 11) is 1.51. The van der Waals surface area contributed by atoms with Gasteiger partial charge in [0.25, 0.3) is 5.91 Å². The third-order valence-electron chi connectivity index (χ3n) is 3.77. The Bertz CT molecular complexity index is 846. The largest absolute Gasteiger partial charge is 0.495 e. The van der Waals surface area contributed by atoms with Crippen LogP contribution in [-0.4, -0.2) is 35.4 Å². The summed E-state index contributed by atoms with van der Waals surface area (Å²) >= 11 is 6.25. The van der Waals surface area contributed by atoms with Crippen LogP contribution in [0.1, 0.15) is 35.5 Å². The number of methoxy groups -OCH3 is 1. The van der Waals surface area contributed by atoms with Crippen LogP contribution in [0.4, 0.5) is 5.69 Å². The molecule has 1 amide bonds. The van der Waals surface area contributed by atoms with E-state index in [2.05, 4.69) is 10.4 Å². The summed E-state index contributed by atoms with van der Waals surface area (Å²) in [5, 5.41) is 7.15. The number of aryl methyl sites for hydroxylation is 2. The molecule has 0 aliphatic rings.